The molecule has 0 spiro atoms. The lowest BCUT2D eigenvalue weighted by molar-refractivity contribution is -0.116. The molecule has 6 heteroatoms. The minimum absolute atomic E-state index is 0.117. The van der Waals surface area contributed by atoms with Crippen molar-refractivity contribution in [2.24, 2.45) is 5.73 Å². The highest BCUT2D eigenvalue weighted by molar-refractivity contribution is 7.14. The van der Waals surface area contributed by atoms with Gasteiger partial charge in [0.1, 0.15) is 5.00 Å². The number of anilines is 1. The molecule has 0 aliphatic rings. The third-order valence-corrected chi connectivity index (χ3v) is 4.62. The van der Waals surface area contributed by atoms with Crippen LogP contribution in [0.3, 0.4) is 0 Å². The van der Waals surface area contributed by atoms with Gasteiger partial charge in [0.05, 0.1) is 5.56 Å². The Hall–Kier alpha value is -2.18. The summed E-state index contributed by atoms with van der Waals surface area (Å²) in [5.74, 6) is -0.646. The molecule has 128 valence electrons. The number of primary amides is 1. The standard InChI is InChI=1S/C18H23N3O2S/c1-3-13-4-6-14(7-5-13)12-21(2)10-8-16(22)20-18-15(17(19)23)9-11-24-18/h4-7,9,11H,3,8,10,12H2,1-2H3,(H2,19,23)(H,20,22). The Morgan fingerprint density at radius 2 is 1.83 bits per heavy atom. The predicted octanol–water partition coefficient (Wildman–Crippen LogP) is 2.87. The van der Waals surface area contributed by atoms with Gasteiger partial charge in [0.25, 0.3) is 5.91 Å². The second kappa shape index (κ2) is 8.61. The van der Waals surface area contributed by atoms with E-state index >= 15 is 0 Å². The monoisotopic (exact) mass is 345 g/mol. The van der Waals surface area contributed by atoms with Gasteiger partial charge < -0.3 is 16.0 Å². The number of nitrogens with two attached hydrogens (primary N) is 1. The number of carbonyl (C=O) groups excluding carboxylic acids is 2. The Morgan fingerprint density at radius 1 is 1.17 bits per heavy atom. The zero-order valence-corrected chi connectivity index (χ0v) is 14.9. The molecule has 3 N–H and O–H groups in total. The summed E-state index contributed by atoms with van der Waals surface area (Å²) in [7, 11) is 1.99. The summed E-state index contributed by atoms with van der Waals surface area (Å²) in [6.45, 7) is 3.57. The number of nitrogens with one attached hydrogen (secondary N) is 1. The lowest BCUT2D eigenvalue weighted by Gasteiger charge is -2.16. The van der Waals surface area contributed by atoms with E-state index in [1.165, 1.54) is 22.5 Å². The van der Waals surface area contributed by atoms with E-state index in [-0.39, 0.29) is 5.91 Å². The maximum absolute atomic E-state index is 12.0. The first-order valence-electron chi connectivity index (χ1n) is 7.93. The van der Waals surface area contributed by atoms with Crippen LogP contribution in [0.1, 0.15) is 34.8 Å². The molecule has 1 aromatic heterocycles. The Bertz CT molecular complexity index is 695. The summed E-state index contributed by atoms with van der Waals surface area (Å²) in [6.07, 6.45) is 1.39. The first-order valence-corrected chi connectivity index (χ1v) is 8.81. The number of hydrogen-bond acceptors (Lipinski definition) is 4. The molecular formula is C18H23N3O2S. The van der Waals surface area contributed by atoms with Crippen LogP contribution in [0.2, 0.25) is 0 Å². The number of rotatable bonds is 8. The number of aryl methyl sites for hydroxylation is 1. The number of hydrogen-bond donors (Lipinski definition) is 2. The second-order valence-corrected chi connectivity index (χ2v) is 6.65. The van der Waals surface area contributed by atoms with E-state index in [0.29, 0.717) is 23.5 Å². The molecule has 24 heavy (non-hydrogen) atoms. The summed E-state index contributed by atoms with van der Waals surface area (Å²) < 4.78 is 0. The number of nitrogens with zero attached hydrogens (tertiary/aromatic N) is 1. The van der Waals surface area contributed by atoms with E-state index in [1.54, 1.807) is 11.4 Å². The fourth-order valence-electron chi connectivity index (χ4n) is 2.35. The van der Waals surface area contributed by atoms with Crippen molar-refractivity contribution in [1.82, 2.24) is 4.90 Å². The van der Waals surface area contributed by atoms with Gasteiger partial charge in [-0.05, 0) is 36.0 Å². The molecular weight excluding hydrogens is 322 g/mol. The third-order valence-electron chi connectivity index (χ3n) is 3.79. The molecule has 2 aromatic rings. The smallest absolute Gasteiger partial charge is 0.251 e. The van der Waals surface area contributed by atoms with Crippen molar-refractivity contribution >= 4 is 28.2 Å². The Labute approximate surface area is 146 Å². The van der Waals surface area contributed by atoms with Gasteiger partial charge in [-0.25, -0.2) is 0 Å². The average Bonchev–Trinajstić information content (AvgIpc) is 3.02. The molecule has 5 nitrogen and oxygen atoms in total. The fourth-order valence-corrected chi connectivity index (χ4v) is 3.16. The van der Waals surface area contributed by atoms with Crippen LogP contribution in [0.25, 0.3) is 0 Å². The Morgan fingerprint density at radius 3 is 2.46 bits per heavy atom. The molecule has 0 saturated carbocycles. The van der Waals surface area contributed by atoms with Crippen LogP contribution in [-0.2, 0) is 17.8 Å². The summed E-state index contributed by atoms with van der Waals surface area (Å²) in [5.41, 5.74) is 8.18. The van der Waals surface area contributed by atoms with Crippen LogP contribution >= 0.6 is 11.3 Å². The largest absolute Gasteiger partial charge is 0.366 e. The van der Waals surface area contributed by atoms with E-state index in [4.69, 9.17) is 5.73 Å². The van der Waals surface area contributed by atoms with E-state index < -0.39 is 5.91 Å². The van der Waals surface area contributed by atoms with Crippen LogP contribution in [0.4, 0.5) is 5.00 Å². The van der Waals surface area contributed by atoms with Crippen LogP contribution in [0, 0.1) is 0 Å². The van der Waals surface area contributed by atoms with E-state index in [2.05, 4.69) is 41.4 Å². The molecule has 0 bridgehead atoms. The van der Waals surface area contributed by atoms with Crippen molar-refractivity contribution in [3.05, 3.63) is 52.4 Å². The maximum atomic E-state index is 12.0. The highest BCUT2D eigenvalue weighted by Gasteiger charge is 2.13. The van der Waals surface area contributed by atoms with Gasteiger partial charge in [0.2, 0.25) is 5.91 Å². The minimum atomic E-state index is -0.529. The molecule has 0 aliphatic heterocycles. The van der Waals surface area contributed by atoms with Gasteiger partial charge in [-0.1, -0.05) is 31.2 Å². The molecule has 0 atom stereocenters. The first-order chi connectivity index (χ1) is 11.5. The van der Waals surface area contributed by atoms with Crippen LogP contribution in [0.5, 0.6) is 0 Å². The van der Waals surface area contributed by atoms with Crippen LogP contribution in [-0.4, -0.2) is 30.3 Å². The number of thiophene rings is 1. The summed E-state index contributed by atoms with van der Waals surface area (Å²) >= 11 is 1.30. The van der Waals surface area contributed by atoms with Crippen molar-refractivity contribution in [2.75, 3.05) is 18.9 Å². The molecule has 1 aromatic carbocycles. The van der Waals surface area contributed by atoms with Gasteiger partial charge >= 0.3 is 0 Å². The zero-order valence-electron chi connectivity index (χ0n) is 14.0. The molecule has 0 radical (unpaired) electrons. The fraction of sp³-hybridized carbons (Fsp3) is 0.333. The molecule has 0 fully saturated rings. The van der Waals surface area contributed by atoms with Gasteiger partial charge in [0, 0.05) is 19.5 Å². The van der Waals surface area contributed by atoms with Gasteiger partial charge in [-0.15, -0.1) is 11.3 Å². The Balaban J connectivity index is 1.80. The van der Waals surface area contributed by atoms with Crippen molar-refractivity contribution in [3.63, 3.8) is 0 Å². The van der Waals surface area contributed by atoms with Crippen molar-refractivity contribution in [1.29, 1.82) is 0 Å². The second-order valence-electron chi connectivity index (χ2n) is 5.73. The topological polar surface area (TPSA) is 75.4 Å². The van der Waals surface area contributed by atoms with Crippen molar-refractivity contribution < 1.29 is 9.59 Å². The van der Waals surface area contributed by atoms with Crippen LogP contribution in [0.15, 0.2) is 35.7 Å². The number of benzene rings is 1. The molecule has 2 rings (SSSR count). The van der Waals surface area contributed by atoms with Crippen molar-refractivity contribution in [2.45, 2.75) is 26.3 Å². The van der Waals surface area contributed by atoms with Gasteiger partial charge in [0.15, 0.2) is 0 Å². The van der Waals surface area contributed by atoms with E-state index in [9.17, 15) is 9.59 Å². The molecule has 1 heterocycles. The molecule has 2 amide bonds. The van der Waals surface area contributed by atoms with E-state index in [1.807, 2.05) is 7.05 Å². The van der Waals surface area contributed by atoms with Gasteiger partial charge in [-0.2, -0.15) is 0 Å². The minimum Gasteiger partial charge on any atom is -0.366 e. The van der Waals surface area contributed by atoms with Gasteiger partial charge in [-0.3, -0.25) is 9.59 Å². The van der Waals surface area contributed by atoms with Crippen molar-refractivity contribution in [3.8, 4) is 0 Å². The lowest BCUT2D eigenvalue weighted by atomic mass is 10.1. The predicted molar refractivity (Wildman–Crippen MR) is 98.2 cm³/mol. The summed E-state index contributed by atoms with van der Waals surface area (Å²) in [6, 6.07) is 10.1. The normalized spacial score (nSPS) is 10.8. The highest BCUT2D eigenvalue weighted by atomic mass is 32.1. The molecule has 0 aliphatic carbocycles. The molecule has 0 unspecified atom stereocenters. The number of carbonyl (C=O) groups is 2. The third kappa shape index (κ3) is 5.18. The highest BCUT2D eigenvalue weighted by Crippen LogP contribution is 2.22. The Kier molecular flexibility index (Phi) is 6.52. The molecule has 0 saturated heterocycles. The first kappa shape index (κ1) is 18.2. The van der Waals surface area contributed by atoms with E-state index in [0.717, 1.165) is 13.0 Å². The number of amides is 2. The maximum Gasteiger partial charge on any atom is 0.251 e. The van der Waals surface area contributed by atoms with Crippen LogP contribution < -0.4 is 11.1 Å². The summed E-state index contributed by atoms with van der Waals surface area (Å²) in [5, 5.41) is 5.01. The quantitative estimate of drug-likeness (QED) is 0.772. The summed E-state index contributed by atoms with van der Waals surface area (Å²) in [4.78, 5) is 25.4. The SMILES string of the molecule is CCc1ccc(CN(C)CCC(=O)Nc2sccc2C(N)=O)cc1. The zero-order chi connectivity index (χ0) is 17.5. The average molecular weight is 345 g/mol. The lowest BCUT2D eigenvalue weighted by Crippen LogP contribution is -2.24.